The normalized spacial score (nSPS) is 19.9. The molecule has 1 aromatic rings. The number of hydrogen-bond acceptors (Lipinski definition) is 5. The molecular weight excluding hydrogens is 382 g/mol. The van der Waals surface area contributed by atoms with Crippen molar-refractivity contribution in [1.82, 2.24) is 4.90 Å². The van der Waals surface area contributed by atoms with Crippen molar-refractivity contribution in [2.45, 2.75) is 44.8 Å². The van der Waals surface area contributed by atoms with E-state index in [0.29, 0.717) is 36.9 Å². The number of carbonyl (C=O) groups is 1. The Morgan fingerprint density at radius 3 is 2.71 bits per heavy atom. The molecule has 158 valence electrons. The molecule has 1 N–H and O–H groups in total. The summed E-state index contributed by atoms with van der Waals surface area (Å²) in [7, 11) is 1.60. The Hall–Kier alpha value is -1.34. The Labute approximate surface area is 172 Å². The number of halogens is 1. The minimum Gasteiger partial charge on any atom is -0.444 e. The van der Waals surface area contributed by atoms with Gasteiger partial charge in [0.1, 0.15) is 11.2 Å². The van der Waals surface area contributed by atoms with Crippen LogP contribution in [0, 0.1) is 5.92 Å². The Morgan fingerprint density at radius 1 is 1.32 bits per heavy atom. The Kier molecular flexibility index (Phi) is 8.13. The van der Waals surface area contributed by atoms with Crippen LogP contribution in [0.5, 0.6) is 0 Å². The summed E-state index contributed by atoms with van der Waals surface area (Å²) in [4.78, 5) is 14.2. The highest BCUT2D eigenvalue weighted by Gasteiger charge is 2.42. The van der Waals surface area contributed by atoms with Crippen molar-refractivity contribution < 1.29 is 24.1 Å². The maximum absolute atomic E-state index is 12.5. The van der Waals surface area contributed by atoms with E-state index >= 15 is 0 Å². The smallest absolute Gasteiger partial charge is 0.410 e. The van der Waals surface area contributed by atoms with Gasteiger partial charge in [-0.3, -0.25) is 0 Å². The number of carbonyl (C=O) groups excluding carboxylic acids is 1. The SMILES string of the molecule is COCCOC[C@@](O)(c1cccc(Cl)c1)C1CCCN(C(=O)OC(C)(C)C)C1. The number of nitrogens with zero attached hydrogens (tertiary/aromatic N) is 1. The highest BCUT2D eigenvalue weighted by atomic mass is 35.5. The van der Waals surface area contributed by atoms with Crippen molar-refractivity contribution in [3.05, 3.63) is 34.9 Å². The van der Waals surface area contributed by atoms with E-state index in [0.717, 1.165) is 12.8 Å². The van der Waals surface area contributed by atoms with Crippen molar-refractivity contribution in [2.24, 2.45) is 5.92 Å². The third-order valence-electron chi connectivity index (χ3n) is 4.83. The second kappa shape index (κ2) is 9.92. The number of benzene rings is 1. The molecule has 28 heavy (non-hydrogen) atoms. The lowest BCUT2D eigenvalue weighted by molar-refractivity contribution is -0.111. The topological polar surface area (TPSA) is 68.2 Å². The number of methoxy groups -OCH3 is 1. The molecule has 2 atom stereocenters. The molecule has 1 unspecified atom stereocenters. The Bertz CT molecular complexity index is 648. The predicted molar refractivity (Wildman–Crippen MR) is 109 cm³/mol. The lowest BCUT2D eigenvalue weighted by Crippen LogP contribution is -2.51. The molecule has 1 heterocycles. The first-order valence-corrected chi connectivity index (χ1v) is 10.1. The molecule has 2 rings (SSSR count). The summed E-state index contributed by atoms with van der Waals surface area (Å²) in [6.07, 6.45) is 1.20. The molecule has 1 fully saturated rings. The minimum atomic E-state index is -1.26. The first-order valence-electron chi connectivity index (χ1n) is 9.69. The van der Waals surface area contributed by atoms with Crippen LogP contribution < -0.4 is 0 Å². The standard InChI is InChI=1S/C21H32ClNO5/c1-20(2,3)28-19(24)23-10-6-8-17(14-23)21(25,15-27-12-11-26-4)16-7-5-9-18(22)13-16/h5,7,9,13,17,25H,6,8,10-12,14-15H2,1-4H3/t17?,21-/m1/s1. The van der Waals surface area contributed by atoms with Crippen molar-refractivity contribution in [3.63, 3.8) is 0 Å². The van der Waals surface area contributed by atoms with E-state index in [1.807, 2.05) is 32.9 Å². The first-order chi connectivity index (χ1) is 13.2. The van der Waals surface area contributed by atoms with E-state index in [2.05, 4.69) is 0 Å². The van der Waals surface area contributed by atoms with Gasteiger partial charge in [-0.2, -0.15) is 0 Å². The number of hydrogen-bond donors (Lipinski definition) is 1. The molecule has 1 saturated heterocycles. The van der Waals surface area contributed by atoms with Gasteiger partial charge >= 0.3 is 6.09 Å². The fraction of sp³-hybridized carbons (Fsp3) is 0.667. The molecule has 0 radical (unpaired) electrons. The summed E-state index contributed by atoms with van der Waals surface area (Å²) in [6.45, 7) is 7.47. The average molecular weight is 414 g/mol. The van der Waals surface area contributed by atoms with E-state index in [1.54, 1.807) is 24.1 Å². The van der Waals surface area contributed by atoms with Gasteiger partial charge in [0.15, 0.2) is 0 Å². The van der Waals surface area contributed by atoms with Crippen LogP contribution in [-0.4, -0.2) is 61.7 Å². The van der Waals surface area contributed by atoms with Crippen LogP contribution in [0.4, 0.5) is 4.79 Å². The zero-order valence-corrected chi connectivity index (χ0v) is 18.0. The van der Waals surface area contributed by atoms with Gasteiger partial charge in [0, 0.05) is 31.1 Å². The van der Waals surface area contributed by atoms with Gasteiger partial charge in [-0.25, -0.2) is 4.79 Å². The molecule has 1 aliphatic rings. The van der Waals surface area contributed by atoms with Gasteiger partial charge in [0.25, 0.3) is 0 Å². The molecule has 1 aromatic carbocycles. The largest absolute Gasteiger partial charge is 0.444 e. The number of likely N-dealkylation sites (tertiary alicyclic amines) is 1. The van der Waals surface area contributed by atoms with E-state index in [9.17, 15) is 9.90 Å². The number of ether oxygens (including phenoxy) is 3. The minimum absolute atomic E-state index is 0.101. The first kappa shape index (κ1) is 22.9. The lowest BCUT2D eigenvalue weighted by atomic mass is 9.77. The summed E-state index contributed by atoms with van der Waals surface area (Å²) in [5.41, 5.74) is -1.14. The van der Waals surface area contributed by atoms with Crippen LogP contribution in [0.1, 0.15) is 39.2 Å². The lowest BCUT2D eigenvalue weighted by Gasteiger charge is -2.42. The summed E-state index contributed by atoms with van der Waals surface area (Å²) < 4.78 is 16.2. The summed E-state index contributed by atoms with van der Waals surface area (Å²) in [5.74, 6) is -0.199. The maximum Gasteiger partial charge on any atom is 0.410 e. The molecule has 0 spiro atoms. The number of amides is 1. The van der Waals surface area contributed by atoms with Crippen molar-refractivity contribution in [2.75, 3.05) is 40.0 Å². The summed E-state index contributed by atoms with van der Waals surface area (Å²) >= 11 is 6.17. The second-order valence-electron chi connectivity index (χ2n) is 8.25. The zero-order chi connectivity index (χ0) is 20.8. The Balaban J connectivity index is 2.20. The number of aliphatic hydroxyl groups is 1. The van der Waals surface area contributed by atoms with Crippen LogP contribution in [0.2, 0.25) is 5.02 Å². The third-order valence-corrected chi connectivity index (χ3v) is 5.06. The second-order valence-corrected chi connectivity index (χ2v) is 8.68. The van der Waals surface area contributed by atoms with Crippen molar-refractivity contribution in [1.29, 1.82) is 0 Å². The number of rotatable bonds is 7. The fourth-order valence-corrected chi connectivity index (χ4v) is 3.61. The van der Waals surface area contributed by atoms with Gasteiger partial charge in [-0.15, -0.1) is 0 Å². The molecule has 1 aliphatic heterocycles. The van der Waals surface area contributed by atoms with Gasteiger partial charge in [0.2, 0.25) is 0 Å². The van der Waals surface area contributed by atoms with E-state index in [4.69, 9.17) is 25.8 Å². The van der Waals surface area contributed by atoms with E-state index < -0.39 is 11.2 Å². The van der Waals surface area contributed by atoms with Crippen molar-refractivity contribution >= 4 is 17.7 Å². The van der Waals surface area contributed by atoms with Crippen LogP contribution in [0.3, 0.4) is 0 Å². The number of piperidine rings is 1. The molecule has 0 aromatic heterocycles. The molecule has 0 saturated carbocycles. The monoisotopic (exact) mass is 413 g/mol. The molecule has 0 bridgehead atoms. The fourth-order valence-electron chi connectivity index (χ4n) is 3.42. The van der Waals surface area contributed by atoms with Gasteiger partial charge < -0.3 is 24.2 Å². The summed E-state index contributed by atoms with van der Waals surface area (Å²) in [5, 5.41) is 12.2. The van der Waals surface area contributed by atoms with E-state index in [1.165, 1.54) is 0 Å². The maximum atomic E-state index is 12.5. The van der Waals surface area contributed by atoms with Gasteiger partial charge in [-0.05, 0) is 51.3 Å². The molecule has 0 aliphatic carbocycles. The predicted octanol–water partition coefficient (Wildman–Crippen LogP) is 3.84. The molecular formula is C21H32ClNO5. The van der Waals surface area contributed by atoms with Crippen LogP contribution in [0.15, 0.2) is 24.3 Å². The van der Waals surface area contributed by atoms with Crippen LogP contribution in [0.25, 0.3) is 0 Å². The highest BCUT2D eigenvalue weighted by Crippen LogP contribution is 2.37. The van der Waals surface area contributed by atoms with Crippen molar-refractivity contribution in [3.8, 4) is 0 Å². The van der Waals surface area contributed by atoms with E-state index in [-0.39, 0.29) is 18.6 Å². The van der Waals surface area contributed by atoms with Gasteiger partial charge in [0.05, 0.1) is 19.8 Å². The highest BCUT2D eigenvalue weighted by molar-refractivity contribution is 6.30. The Morgan fingerprint density at radius 2 is 2.07 bits per heavy atom. The zero-order valence-electron chi connectivity index (χ0n) is 17.2. The quantitative estimate of drug-likeness (QED) is 0.688. The molecule has 1 amide bonds. The summed E-state index contributed by atoms with van der Waals surface area (Å²) in [6, 6.07) is 7.18. The average Bonchev–Trinajstić information content (AvgIpc) is 2.64. The van der Waals surface area contributed by atoms with Gasteiger partial charge in [-0.1, -0.05) is 23.7 Å². The third kappa shape index (κ3) is 6.34. The van der Waals surface area contributed by atoms with Crippen LogP contribution >= 0.6 is 11.6 Å². The van der Waals surface area contributed by atoms with Crippen LogP contribution in [-0.2, 0) is 19.8 Å². The molecule has 7 heteroatoms. The molecule has 6 nitrogen and oxygen atoms in total.